The molecule has 3 nitrogen and oxygen atoms in total. The summed E-state index contributed by atoms with van der Waals surface area (Å²) in [6.45, 7) is -4.27. The lowest BCUT2D eigenvalue weighted by atomic mass is 9.86. The van der Waals surface area contributed by atoms with Crippen LogP contribution in [0.3, 0.4) is 0 Å². The Bertz CT molecular complexity index is 1100. The maximum atomic E-state index is 15.2. The van der Waals surface area contributed by atoms with Gasteiger partial charge in [-0.05, 0) is 46.3 Å². The minimum absolute atomic E-state index is 0.0329. The molecule has 12 heteroatoms. The van der Waals surface area contributed by atoms with E-state index in [1.165, 1.54) is 36.4 Å². The van der Waals surface area contributed by atoms with Crippen LogP contribution >= 0.6 is 47.8 Å². The third-order valence-corrected chi connectivity index (χ3v) is 6.10. The Hall–Kier alpha value is -1.40. The van der Waals surface area contributed by atoms with E-state index < -0.39 is 19.1 Å². The van der Waals surface area contributed by atoms with E-state index in [2.05, 4.69) is 52.5 Å². The van der Waals surface area contributed by atoms with Crippen molar-refractivity contribution in [1.29, 1.82) is 0 Å². The maximum Gasteiger partial charge on any atom is 0.738 e. The highest BCUT2D eigenvalue weighted by molar-refractivity contribution is 9.18. The van der Waals surface area contributed by atoms with Gasteiger partial charge in [-0.1, -0.05) is 15.9 Å². The largest absolute Gasteiger partial charge is 0.738 e. The summed E-state index contributed by atoms with van der Waals surface area (Å²) in [5, 5.41) is 0. The molecule has 2 aromatic rings. The van der Waals surface area contributed by atoms with Crippen LogP contribution < -0.4 is 4.74 Å². The minimum Gasteiger partial charge on any atom is -0.405 e. The quantitative estimate of drug-likeness (QED) is 0.298. The van der Waals surface area contributed by atoms with Crippen molar-refractivity contribution in [3.05, 3.63) is 68.5 Å². The molecule has 0 fully saturated rings. The van der Waals surface area contributed by atoms with E-state index in [0.29, 0.717) is 4.47 Å². The van der Waals surface area contributed by atoms with Crippen LogP contribution in [0, 0.1) is 0 Å². The van der Waals surface area contributed by atoms with Crippen molar-refractivity contribution < 1.29 is 31.0 Å². The molecule has 3 heterocycles. The normalized spacial score (nSPS) is 17.9. The predicted octanol–water partition coefficient (Wildman–Crippen LogP) is 6.28. The highest BCUT2D eigenvalue weighted by Gasteiger charge is 2.54. The fourth-order valence-corrected chi connectivity index (χ4v) is 4.80. The molecular formula is C16H7BBr3F5N2O. The van der Waals surface area contributed by atoms with Crippen molar-refractivity contribution in [3.63, 3.8) is 0 Å². The number of aromatic nitrogens is 1. The number of nitrogens with zero attached hydrogens (tertiary/aromatic N) is 2. The molecule has 0 amide bonds. The van der Waals surface area contributed by atoms with E-state index >= 15 is 8.63 Å². The molecule has 2 aliphatic heterocycles. The van der Waals surface area contributed by atoms with Gasteiger partial charge in [-0.3, -0.25) is 0 Å². The molecule has 0 radical (unpaired) electrons. The Morgan fingerprint density at radius 2 is 1.71 bits per heavy atom. The van der Waals surface area contributed by atoms with Crippen LogP contribution in [0.25, 0.3) is 5.57 Å². The second-order valence-corrected chi connectivity index (χ2v) is 8.51. The van der Waals surface area contributed by atoms with Gasteiger partial charge in [-0.25, -0.2) is 0 Å². The molecule has 1 aromatic carbocycles. The highest BCUT2D eigenvalue weighted by atomic mass is 79.9. The van der Waals surface area contributed by atoms with Gasteiger partial charge in [-0.15, -0.1) is 13.2 Å². The third kappa shape index (κ3) is 3.09. The molecule has 0 unspecified atom stereocenters. The molecule has 0 spiro atoms. The fraction of sp³-hybridized carbons (Fsp3) is 0.0625. The van der Waals surface area contributed by atoms with Crippen molar-refractivity contribution in [3.8, 4) is 5.75 Å². The van der Waals surface area contributed by atoms with Crippen molar-refractivity contribution >= 4 is 65.0 Å². The van der Waals surface area contributed by atoms with Gasteiger partial charge in [-0.2, -0.15) is 0 Å². The zero-order valence-electron chi connectivity index (χ0n) is 13.4. The number of benzene rings is 1. The molecule has 0 N–H and O–H groups in total. The molecule has 0 saturated carbocycles. The molecule has 0 saturated heterocycles. The molecule has 1 aromatic heterocycles. The van der Waals surface area contributed by atoms with Gasteiger partial charge < -0.3 is 22.3 Å². The van der Waals surface area contributed by atoms with E-state index in [-0.39, 0.29) is 31.8 Å². The van der Waals surface area contributed by atoms with Gasteiger partial charge in [0.05, 0.1) is 10.2 Å². The van der Waals surface area contributed by atoms with Crippen LogP contribution in [0.4, 0.5) is 21.8 Å². The summed E-state index contributed by atoms with van der Waals surface area (Å²) in [6, 6.07) is 6.92. The first-order valence-corrected chi connectivity index (χ1v) is 10.1. The predicted molar refractivity (Wildman–Crippen MR) is 106 cm³/mol. The lowest BCUT2D eigenvalue weighted by molar-refractivity contribution is -0.358. The van der Waals surface area contributed by atoms with Gasteiger partial charge in [0.25, 0.3) is 0 Å². The molecule has 0 bridgehead atoms. The first-order chi connectivity index (χ1) is 13.0. The standard InChI is InChI=1S/C16H7BBr3F5N2O/c18-8-1-2-9(12(7-8)28-16(21,22)23)15-10-3-5-13(19)26(10)17(24,25)27-11(15)4-6-14(27)20/h1-7H. The van der Waals surface area contributed by atoms with E-state index in [0.717, 1.165) is 15.0 Å². The Kier molecular flexibility index (Phi) is 4.66. The Morgan fingerprint density at radius 1 is 1.00 bits per heavy atom. The number of hydrogen-bond donors (Lipinski definition) is 0. The van der Waals surface area contributed by atoms with Crippen LogP contribution in [0.15, 0.2) is 57.3 Å². The van der Waals surface area contributed by atoms with Gasteiger partial charge in [0, 0.05) is 43.8 Å². The number of halogens is 8. The second-order valence-electron chi connectivity index (χ2n) is 5.97. The van der Waals surface area contributed by atoms with E-state index in [4.69, 9.17) is 0 Å². The Balaban J connectivity index is 2.06. The van der Waals surface area contributed by atoms with E-state index in [9.17, 15) is 13.2 Å². The average molecular weight is 589 g/mol. The number of allylic oxidation sites excluding steroid dienone is 2. The lowest BCUT2D eigenvalue weighted by Gasteiger charge is -2.32. The molecular weight excluding hydrogens is 582 g/mol. The Morgan fingerprint density at radius 3 is 2.39 bits per heavy atom. The zero-order valence-corrected chi connectivity index (χ0v) is 18.2. The van der Waals surface area contributed by atoms with Gasteiger partial charge in [0.2, 0.25) is 4.62 Å². The van der Waals surface area contributed by atoms with Crippen LogP contribution in [-0.2, 0) is 0 Å². The molecule has 0 aliphatic carbocycles. The summed E-state index contributed by atoms with van der Waals surface area (Å²) < 4.78 is 75.6. The van der Waals surface area contributed by atoms with E-state index in [1.54, 1.807) is 0 Å². The number of rotatable bonds is 2. The average Bonchev–Trinajstić information content (AvgIpc) is 3.13. The first kappa shape index (κ1) is 19.9. The van der Waals surface area contributed by atoms with Crippen LogP contribution in [-0.4, -0.2) is 26.9 Å². The molecule has 146 valence electrons. The summed E-state index contributed by atoms with van der Waals surface area (Å²) in [7, 11) is 0. The number of fused-ring (bicyclic) bond motifs is 2. The van der Waals surface area contributed by atoms with Crippen LogP contribution in [0.1, 0.15) is 11.3 Å². The number of hydrogen-bond acceptors (Lipinski definition) is 1. The van der Waals surface area contributed by atoms with Crippen molar-refractivity contribution in [1.82, 2.24) is 4.48 Å². The topological polar surface area (TPSA) is 17.2 Å². The van der Waals surface area contributed by atoms with Crippen molar-refractivity contribution in [2.45, 2.75) is 6.36 Å². The highest BCUT2D eigenvalue weighted by Crippen LogP contribution is 2.45. The summed E-state index contributed by atoms with van der Waals surface area (Å²) in [4.78, 5) is 0. The molecule has 4 rings (SSSR count). The SMILES string of the molecule is F[B-]1(F)n2c(Br)ccc2C(c2ccc(Br)cc2OC(F)(F)F)=C2C=CC(Br)=[N+]21. The van der Waals surface area contributed by atoms with Crippen molar-refractivity contribution in [2.24, 2.45) is 0 Å². The van der Waals surface area contributed by atoms with Gasteiger partial charge >= 0.3 is 13.3 Å². The molecule has 0 atom stereocenters. The number of alkyl halides is 3. The summed E-state index contributed by atoms with van der Waals surface area (Å²) >= 11 is 9.34. The van der Waals surface area contributed by atoms with Gasteiger partial charge in [0.1, 0.15) is 5.75 Å². The van der Waals surface area contributed by atoms with Crippen molar-refractivity contribution in [2.75, 3.05) is 0 Å². The fourth-order valence-electron chi connectivity index (χ4n) is 3.32. The minimum atomic E-state index is -4.94. The summed E-state index contributed by atoms with van der Waals surface area (Å²) in [5.41, 5.74) is 0.370. The first-order valence-electron chi connectivity index (χ1n) is 7.70. The monoisotopic (exact) mass is 586 g/mol. The summed E-state index contributed by atoms with van der Waals surface area (Å²) in [5.74, 6) is -0.498. The van der Waals surface area contributed by atoms with Crippen LogP contribution in [0.5, 0.6) is 5.75 Å². The van der Waals surface area contributed by atoms with Gasteiger partial charge in [0.15, 0.2) is 5.70 Å². The van der Waals surface area contributed by atoms with E-state index in [1.807, 2.05) is 0 Å². The lowest BCUT2D eigenvalue weighted by Crippen LogP contribution is -2.50. The Labute approximate surface area is 180 Å². The second kappa shape index (κ2) is 6.56. The number of ether oxygens (including phenoxy) is 1. The summed E-state index contributed by atoms with van der Waals surface area (Å²) in [6.07, 6.45) is -2.09. The third-order valence-electron chi connectivity index (χ3n) is 4.31. The van der Waals surface area contributed by atoms with Crippen LogP contribution in [0.2, 0.25) is 0 Å². The zero-order chi connectivity index (χ0) is 20.4. The molecule has 2 aliphatic rings. The maximum absolute atomic E-state index is 15.2. The molecule has 28 heavy (non-hydrogen) atoms. The smallest absolute Gasteiger partial charge is 0.405 e.